The fraction of sp³-hybridized carbons (Fsp3) is 0.240. The summed E-state index contributed by atoms with van der Waals surface area (Å²) in [6, 6.07) is 15.1. The first kappa shape index (κ1) is 25.2. The van der Waals surface area contributed by atoms with Crippen LogP contribution in [0.5, 0.6) is 11.5 Å². The second kappa shape index (κ2) is 10.8. The van der Waals surface area contributed by atoms with Crippen LogP contribution in [-0.2, 0) is 11.3 Å². The van der Waals surface area contributed by atoms with Gasteiger partial charge in [0.25, 0.3) is 0 Å². The third kappa shape index (κ3) is 6.83. The summed E-state index contributed by atoms with van der Waals surface area (Å²) in [5.41, 5.74) is 1.28. The number of hydrogen-bond donors (Lipinski definition) is 3. The van der Waals surface area contributed by atoms with Gasteiger partial charge >= 0.3 is 0 Å². The maximum absolute atomic E-state index is 12.0. The van der Waals surface area contributed by atoms with Crippen molar-refractivity contribution in [3.05, 3.63) is 69.6 Å². The fourth-order valence-electron chi connectivity index (χ4n) is 3.54. The largest absolute Gasteiger partial charge is 0.456 e. The summed E-state index contributed by atoms with van der Waals surface area (Å²) in [7, 11) is 0. The Labute approximate surface area is 221 Å². The molecule has 0 atom stereocenters. The SMILES string of the molecule is CC(C)(O)CC(=O)NCCn1ccc2ncnc(Nc3ccc(Oc4cccc(I)c4)c(Cl)c3)c21. The number of carbonyl (C=O) groups is 1. The number of aliphatic hydroxyl groups is 1. The highest BCUT2D eigenvalue weighted by atomic mass is 127. The van der Waals surface area contributed by atoms with Crippen LogP contribution in [0.2, 0.25) is 5.02 Å². The molecule has 0 unspecified atom stereocenters. The second-order valence-corrected chi connectivity index (χ2v) is 10.3. The van der Waals surface area contributed by atoms with E-state index < -0.39 is 5.60 Å². The Morgan fingerprint density at radius 3 is 2.77 bits per heavy atom. The molecule has 182 valence electrons. The van der Waals surface area contributed by atoms with Crippen LogP contribution in [0.25, 0.3) is 11.0 Å². The van der Waals surface area contributed by atoms with E-state index in [1.165, 1.54) is 6.33 Å². The number of hydrogen-bond acceptors (Lipinski definition) is 6. The van der Waals surface area contributed by atoms with Crippen molar-refractivity contribution >= 4 is 62.6 Å². The number of rotatable bonds is 9. The number of nitrogens with zero attached hydrogens (tertiary/aromatic N) is 3. The van der Waals surface area contributed by atoms with Crippen LogP contribution in [0.15, 0.2) is 61.1 Å². The molecule has 8 nitrogen and oxygen atoms in total. The molecule has 0 saturated heterocycles. The zero-order valence-electron chi connectivity index (χ0n) is 19.3. The van der Waals surface area contributed by atoms with Crippen molar-refractivity contribution in [1.82, 2.24) is 19.9 Å². The van der Waals surface area contributed by atoms with Crippen LogP contribution in [0.1, 0.15) is 20.3 Å². The molecule has 2 heterocycles. The van der Waals surface area contributed by atoms with E-state index in [0.29, 0.717) is 35.4 Å². The van der Waals surface area contributed by atoms with Gasteiger partial charge in [0.15, 0.2) is 5.82 Å². The molecular weight excluding hydrogens is 581 g/mol. The Bertz CT molecular complexity index is 1350. The van der Waals surface area contributed by atoms with Gasteiger partial charge in [-0.3, -0.25) is 4.79 Å². The lowest BCUT2D eigenvalue weighted by molar-refractivity contribution is -0.124. The number of ether oxygens (including phenoxy) is 1. The van der Waals surface area contributed by atoms with E-state index in [-0.39, 0.29) is 12.3 Å². The maximum Gasteiger partial charge on any atom is 0.222 e. The van der Waals surface area contributed by atoms with Crippen molar-refractivity contribution in [1.29, 1.82) is 0 Å². The third-order valence-corrected chi connectivity index (χ3v) is 6.00. The van der Waals surface area contributed by atoms with E-state index in [2.05, 4.69) is 43.2 Å². The number of amides is 1. The molecule has 0 fully saturated rings. The molecule has 0 radical (unpaired) electrons. The third-order valence-electron chi connectivity index (χ3n) is 5.04. The van der Waals surface area contributed by atoms with Crippen LogP contribution in [-0.4, -0.2) is 37.7 Å². The average molecular weight is 606 g/mol. The molecule has 0 saturated carbocycles. The molecule has 3 N–H and O–H groups in total. The highest BCUT2D eigenvalue weighted by molar-refractivity contribution is 14.1. The van der Waals surface area contributed by atoms with Crippen molar-refractivity contribution in [2.24, 2.45) is 0 Å². The summed E-state index contributed by atoms with van der Waals surface area (Å²) >= 11 is 8.73. The molecule has 0 aliphatic rings. The summed E-state index contributed by atoms with van der Waals surface area (Å²) < 4.78 is 8.96. The molecule has 0 aliphatic heterocycles. The molecule has 4 aromatic rings. The maximum atomic E-state index is 12.0. The van der Waals surface area contributed by atoms with Crippen molar-refractivity contribution in [2.45, 2.75) is 32.4 Å². The average Bonchev–Trinajstić information content (AvgIpc) is 3.19. The van der Waals surface area contributed by atoms with Gasteiger partial charge in [0.05, 0.1) is 22.6 Å². The van der Waals surface area contributed by atoms with Crippen LogP contribution in [0, 0.1) is 3.57 Å². The molecule has 4 rings (SSSR count). The summed E-state index contributed by atoms with van der Waals surface area (Å²) in [6.45, 7) is 4.14. The molecule has 0 bridgehead atoms. The van der Waals surface area contributed by atoms with E-state index in [1.807, 2.05) is 47.2 Å². The molecule has 35 heavy (non-hydrogen) atoms. The number of anilines is 2. The highest BCUT2D eigenvalue weighted by Crippen LogP contribution is 2.33. The summed E-state index contributed by atoms with van der Waals surface area (Å²) in [4.78, 5) is 20.8. The molecule has 0 aliphatic carbocycles. The monoisotopic (exact) mass is 605 g/mol. The first-order chi connectivity index (χ1) is 16.7. The van der Waals surface area contributed by atoms with Gasteiger partial charge in [-0.05, 0) is 78.9 Å². The Balaban J connectivity index is 1.48. The lowest BCUT2D eigenvalue weighted by Crippen LogP contribution is -2.33. The lowest BCUT2D eigenvalue weighted by atomic mass is 10.1. The van der Waals surface area contributed by atoms with Crippen molar-refractivity contribution in [3.63, 3.8) is 0 Å². The minimum absolute atomic E-state index is 0.0410. The molecule has 2 aromatic heterocycles. The Hall–Kier alpha value is -2.89. The number of aromatic nitrogens is 3. The minimum Gasteiger partial charge on any atom is -0.456 e. The smallest absolute Gasteiger partial charge is 0.222 e. The van der Waals surface area contributed by atoms with Gasteiger partial charge in [0.1, 0.15) is 23.3 Å². The van der Waals surface area contributed by atoms with Crippen LogP contribution >= 0.6 is 34.2 Å². The zero-order valence-corrected chi connectivity index (χ0v) is 22.2. The Morgan fingerprint density at radius 2 is 2.03 bits per heavy atom. The molecule has 2 aromatic carbocycles. The number of halogens is 2. The van der Waals surface area contributed by atoms with Gasteiger partial charge in [0, 0.05) is 28.5 Å². The summed E-state index contributed by atoms with van der Waals surface area (Å²) in [5.74, 6) is 1.68. The molecule has 1 amide bonds. The number of nitrogens with one attached hydrogen (secondary N) is 2. The molecular formula is C25H25ClIN5O3. The summed E-state index contributed by atoms with van der Waals surface area (Å²) in [6.07, 6.45) is 3.44. The van der Waals surface area contributed by atoms with E-state index in [1.54, 1.807) is 26.0 Å². The van der Waals surface area contributed by atoms with E-state index in [9.17, 15) is 9.90 Å². The van der Waals surface area contributed by atoms with E-state index >= 15 is 0 Å². The van der Waals surface area contributed by atoms with Crippen LogP contribution in [0.4, 0.5) is 11.5 Å². The van der Waals surface area contributed by atoms with Crippen LogP contribution in [0.3, 0.4) is 0 Å². The normalized spacial score (nSPS) is 11.5. The van der Waals surface area contributed by atoms with Crippen molar-refractivity contribution in [2.75, 3.05) is 11.9 Å². The number of carbonyl (C=O) groups excluding carboxylic acids is 1. The van der Waals surface area contributed by atoms with E-state index in [4.69, 9.17) is 16.3 Å². The quantitative estimate of drug-likeness (QED) is 0.218. The predicted molar refractivity (Wildman–Crippen MR) is 145 cm³/mol. The first-order valence-corrected chi connectivity index (χ1v) is 12.4. The Morgan fingerprint density at radius 1 is 1.20 bits per heavy atom. The Kier molecular flexibility index (Phi) is 7.78. The van der Waals surface area contributed by atoms with Gasteiger partial charge in [-0.15, -0.1) is 0 Å². The van der Waals surface area contributed by atoms with Crippen LogP contribution < -0.4 is 15.4 Å². The lowest BCUT2D eigenvalue weighted by Gasteiger charge is -2.16. The first-order valence-electron chi connectivity index (χ1n) is 11.0. The standard InChI is InChI=1S/C25H25ClIN5O3/c1-25(2,34)14-22(33)28-9-11-32-10-8-20-23(32)24(30-15-29-20)31-17-6-7-21(19(26)13-17)35-18-5-3-4-16(27)12-18/h3-8,10,12-13,15,34H,9,11,14H2,1-2H3,(H,28,33)(H,29,30,31). The van der Waals surface area contributed by atoms with Gasteiger partial charge in [-0.2, -0.15) is 0 Å². The fourth-order valence-corrected chi connectivity index (χ4v) is 4.27. The van der Waals surface area contributed by atoms with Gasteiger partial charge < -0.3 is 25.0 Å². The summed E-state index contributed by atoms with van der Waals surface area (Å²) in [5, 5.41) is 16.4. The number of benzene rings is 2. The topological polar surface area (TPSA) is 101 Å². The second-order valence-electron chi connectivity index (χ2n) is 8.63. The minimum atomic E-state index is -1.04. The number of fused-ring (bicyclic) bond motifs is 1. The molecule has 10 heteroatoms. The van der Waals surface area contributed by atoms with Gasteiger partial charge in [-0.1, -0.05) is 17.7 Å². The van der Waals surface area contributed by atoms with Crippen molar-refractivity contribution < 1.29 is 14.6 Å². The van der Waals surface area contributed by atoms with E-state index in [0.717, 1.165) is 20.3 Å². The van der Waals surface area contributed by atoms with Gasteiger partial charge in [-0.25, -0.2) is 9.97 Å². The molecule has 0 spiro atoms. The van der Waals surface area contributed by atoms with Gasteiger partial charge in [0.2, 0.25) is 5.91 Å². The predicted octanol–water partition coefficient (Wildman–Crippen LogP) is 5.50. The van der Waals surface area contributed by atoms with Crippen molar-refractivity contribution in [3.8, 4) is 11.5 Å². The zero-order chi connectivity index (χ0) is 25.0. The highest BCUT2D eigenvalue weighted by Gasteiger charge is 2.18.